The van der Waals surface area contributed by atoms with E-state index >= 15 is 0 Å². The van der Waals surface area contributed by atoms with Crippen molar-refractivity contribution in [1.29, 1.82) is 0 Å². The fourth-order valence-corrected chi connectivity index (χ4v) is 5.03. The Kier molecular flexibility index (Phi) is 6.12. The van der Waals surface area contributed by atoms with Crippen molar-refractivity contribution in [1.82, 2.24) is 9.97 Å². The minimum Gasteiger partial charge on any atom is -0.475 e. The van der Waals surface area contributed by atoms with Crippen molar-refractivity contribution < 1.29 is 14.6 Å². The number of fused-ring (bicyclic) bond motifs is 3. The number of hydrogen-bond acceptors (Lipinski definition) is 7. The van der Waals surface area contributed by atoms with E-state index < -0.39 is 5.97 Å². The molecule has 3 aromatic rings. The number of carboxylic acid groups (broad SMARTS) is 1. The maximum Gasteiger partial charge on any atom is 0.372 e. The van der Waals surface area contributed by atoms with E-state index in [4.69, 9.17) is 15.6 Å². The van der Waals surface area contributed by atoms with E-state index in [-0.39, 0.29) is 11.4 Å². The summed E-state index contributed by atoms with van der Waals surface area (Å²) in [4.78, 5) is 32.8. The number of aromatic nitrogens is 2. The maximum atomic E-state index is 11.8. The molecule has 8 nitrogen and oxygen atoms in total. The van der Waals surface area contributed by atoms with Gasteiger partial charge in [-0.2, -0.15) is 0 Å². The summed E-state index contributed by atoms with van der Waals surface area (Å²) in [5.41, 5.74) is 8.73. The molecule has 0 bridgehead atoms. The molecule has 0 saturated carbocycles. The molecule has 1 aliphatic heterocycles. The molecule has 9 heteroatoms. The molecule has 1 aromatic carbocycles. The fourth-order valence-electron chi connectivity index (χ4n) is 3.77. The number of hydrogen-bond donors (Lipinski definition) is 3. The van der Waals surface area contributed by atoms with Crippen LogP contribution in [0, 0.1) is 0 Å². The number of carbonyl (C=O) groups is 1. The average Bonchev–Trinajstić information content (AvgIpc) is 3.36. The maximum absolute atomic E-state index is 11.8. The first-order valence-corrected chi connectivity index (χ1v) is 10.8. The Morgan fingerprint density at radius 2 is 1.97 bits per heavy atom. The van der Waals surface area contributed by atoms with Crippen LogP contribution in [0.3, 0.4) is 0 Å². The predicted octanol–water partition coefficient (Wildman–Crippen LogP) is 2.15. The Morgan fingerprint density at radius 1 is 1.23 bits per heavy atom. The standard InChI is InChI=1S/C11H16N2O.C10H8N2O3S/c12-9-10-1-3-11(4-2-10)13-5-7-14-8-6-13;13-8-6-4-2-1-3-5(4)16-9(6)12-7(11-8)10(14)15/h1-4H,5-9,12H2;1-3H2,(H,14,15)(H,11,12,13). The highest BCUT2D eigenvalue weighted by molar-refractivity contribution is 7.18. The zero-order valence-corrected chi connectivity index (χ0v) is 17.3. The van der Waals surface area contributed by atoms with Crippen LogP contribution in [-0.4, -0.2) is 47.3 Å². The number of rotatable bonds is 3. The van der Waals surface area contributed by atoms with Gasteiger partial charge in [0, 0.05) is 30.2 Å². The van der Waals surface area contributed by atoms with E-state index in [0.29, 0.717) is 16.8 Å². The molecular weight excluding hydrogens is 404 g/mol. The fraction of sp³-hybridized carbons (Fsp3) is 0.381. The van der Waals surface area contributed by atoms with Gasteiger partial charge in [0.1, 0.15) is 4.83 Å². The number of nitrogens with one attached hydrogen (secondary N) is 1. The van der Waals surface area contributed by atoms with Gasteiger partial charge < -0.3 is 25.5 Å². The van der Waals surface area contributed by atoms with E-state index in [2.05, 4.69) is 39.1 Å². The highest BCUT2D eigenvalue weighted by Gasteiger charge is 2.22. The summed E-state index contributed by atoms with van der Waals surface area (Å²) < 4.78 is 5.30. The Labute approximate surface area is 177 Å². The summed E-state index contributed by atoms with van der Waals surface area (Å²) in [6.45, 7) is 4.25. The number of benzene rings is 1. The molecule has 158 valence electrons. The molecule has 1 saturated heterocycles. The SMILES string of the molecule is NCc1ccc(N2CCOCC2)cc1.O=C(O)c1nc2sc3c(c2c(=O)[nH]1)CCC3. The first-order chi connectivity index (χ1) is 14.6. The van der Waals surface area contributed by atoms with Gasteiger partial charge in [-0.15, -0.1) is 11.3 Å². The van der Waals surface area contributed by atoms with Crippen LogP contribution in [0.5, 0.6) is 0 Å². The number of carboxylic acids is 1. The Hall–Kier alpha value is -2.75. The van der Waals surface area contributed by atoms with Crippen LogP contribution in [0.15, 0.2) is 29.1 Å². The molecule has 1 fully saturated rings. The van der Waals surface area contributed by atoms with Gasteiger partial charge in [0.05, 0.1) is 18.6 Å². The first kappa shape index (κ1) is 20.5. The minimum absolute atomic E-state index is 0.280. The second-order valence-electron chi connectivity index (χ2n) is 7.23. The summed E-state index contributed by atoms with van der Waals surface area (Å²) in [6.07, 6.45) is 2.93. The number of nitrogens with two attached hydrogens (primary N) is 1. The summed E-state index contributed by atoms with van der Waals surface area (Å²) in [6, 6.07) is 8.44. The van der Waals surface area contributed by atoms with Gasteiger partial charge >= 0.3 is 5.97 Å². The number of anilines is 1. The van der Waals surface area contributed by atoms with Gasteiger partial charge in [0.2, 0.25) is 5.82 Å². The molecule has 4 N–H and O–H groups in total. The number of aryl methyl sites for hydroxylation is 2. The van der Waals surface area contributed by atoms with E-state index in [1.165, 1.54) is 27.5 Å². The number of aromatic amines is 1. The molecule has 2 aromatic heterocycles. The van der Waals surface area contributed by atoms with Crippen molar-refractivity contribution in [2.75, 3.05) is 31.2 Å². The van der Waals surface area contributed by atoms with Crippen LogP contribution in [0.2, 0.25) is 0 Å². The second-order valence-corrected chi connectivity index (χ2v) is 8.31. The number of morpholine rings is 1. The van der Waals surface area contributed by atoms with Crippen molar-refractivity contribution >= 4 is 33.2 Å². The number of nitrogens with zero attached hydrogens (tertiary/aromatic N) is 2. The summed E-state index contributed by atoms with van der Waals surface area (Å²) in [5.74, 6) is -1.48. The summed E-state index contributed by atoms with van der Waals surface area (Å²) in [5, 5.41) is 9.37. The molecule has 5 rings (SSSR count). The lowest BCUT2D eigenvalue weighted by Crippen LogP contribution is -2.36. The molecule has 0 radical (unpaired) electrons. The van der Waals surface area contributed by atoms with Crippen molar-refractivity contribution in [3.05, 3.63) is 56.4 Å². The van der Waals surface area contributed by atoms with E-state index in [9.17, 15) is 9.59 Å². The molecule has 0 unspecified atom stereocenters. The van der Waals surface area contributed by atoms with Crippen LogP contribution >= 0.6 is 11.3 Å². The topological polar surface area (TPSA) is 122 Å². The van der Waals surface area contributed by atoms with E-state index in [0.717, 1.165) is 51.1 Å². The minimum atomic E-state index is -1.20. The molecule has 3 heterocycles. The molecular formula is C21H24N4O4S. The van der Waals surface area contributed by atoms with Crippen LogP contribution in [0.1, 0.15) is 33.0 Å². The zero-order chi connectivity index (χ0) is 21.1. The Bertz CT molecular complexity index is 1100. The lowest BCUT2D eigenvalue weighted by Gasteiger charge is -2.28. The van der Waals surface area contributed by atoms with E-state index in [1.807, 2.05) is 0 Å². The molecule has 30 heavy (non-hydrogen) atoms. The van der Waals surface area contributed by atoms with Gasteiger partial charge in [-0.05, 0) is 42.5 Å². The Morgan fingerprint density at radius 3 is 2.63 bits per heavy atom. The summed E-state index contributed by atoms with van der Waals surface area (Å²) >= 11 is 1.44. The van der Waals surface area contributed by atoms with Gasteiger partial charge in [-0.1, -0.05) is 12.1 Å². The molecule has 1 aliphatic carbocycles. The lowest BCUT2D eigenvalue weighted by atomic mass is 10.2. The van der Waals surface area contributed by atoms with Crippen LogP contribution in [0.4, 0.5) is 5.69 Å². The normalized spacial score (nSPS) is 15.6. The van der Waals surface area contributed by atoms with Gasteiger partial charge in [-0.25, -0.2) is 9.78 Å². The number of aromatic carboxylic acids is 1. The third-order valence-corrected chi connectivity index (χ3v) is 6.51. The Balaban J connectivity index is 0.000000147. The lowest BCUT2D eigenvalue weighted by molar-refractivity contribution is 0.0683. The third-order valence-electron chi connectivity index (χ3n) is 5.33. The largest absolute Gasteiger partial charge is 0.475 e. The molecule has 0 atom stereocenters. The number of thiophene rings is 1. The zero-order valence-electron chi connectivity index (χ0n) is 16.5. The molecule has 0 spiro atoms. The van der Waals surface area contributed by atoms with E-state index in [1.54, 1.807) is 0 Å². The van der Waals surface area contributed by atoms with Crippen LogP contribution in [-0.2, 0) is 24.1 Å². The number of ether oxygens (including phenoxy) is 1. The van der Waals surface area contributed by atoms with Crippen LogP contribution < -0.4 is 16.2 Å². The van der Waals surface area contributed by atoms with Gasteiger partial charge in [-0.3, -0.25) is 4.79 Å². The smallest absolute Gasteiger partial charge is 0.372 e. The summed E-state index contributed by atoms with van der Waals surface area (Å²) in [7, 11) is 0. The van der Waals surface area contributed by atoms with Crippen molar-refractivity contribution in [2.24, 2.45) is 5.73 Å². The van der Waals surface area contributed by atoms with Crippen molar-refractivity contribution in [2.45, 2.75) is 25.8 Å². The molecule has 2 aliphatic rings. The third kappa shape index (κ3) is 4.23. The van der Waals surface area contributed by atoms with Gasteiger partial charge in [0.25, 0.3) is 5.56 Å². The second kappa shape index (κ2) is 8.95. The monoisotopic (exact) mass is 428 g/mol. The van der Waals surface area contributed by atoms with Crippen molar-refractivity contribution in [3.63, 3.8) is 0 Å². The number of H-pyrrole nitrogens is 1. The van der Waals surface area contributed by atoms with Gasteiger partial charge in [0.15, 0.2) is 0 Å². The van der Waals surface area contributed by atoms with Crippen LogP contribution in [0.25, 0.3) is 10.2 Å². The highest BCUT2D eigenvalue weighted by atomic mass is 32.1. The predicted molar refractivity (Wildman–Crippen MR) is 117 cm³/mol. The first-order valence-electron chi connectivity index (χ1n) is 9.96. The average molecular weight is 429 g/mol. The quantitative estimate of drug-likeness (QED) is 0.584. The highest BCUT2D eigenvalue weighted by Crippen LogP contribution is 2.34. The molecule has 0 amide bonds. The van der Waals surface area contributed by atoms with Crippen molar-refractivity contribution in [3.8, 4) is 0 Å².